The van der Waals surface area contributed by atoms with Crippen LogP contribution in [0.3, 0.4) is 0 Å². The number of aliphatic hydroxyl groups excluding tert-OH is 1. The highest BCUT2D eigenvalue weighted by Gasteiger charge is 2.29. The van der Waals surface area contributed by atoms with Gasteiger partial charge >= 0.3 is 0 Å². The Balaban J connectivity index is 4.23. The number of hydrogen-bond donors (Lipinski definition) is 1. The Morgan fingerprint density at radius 3 is 1.85 bits per heavy atom. The molecule has 1 nitrogen and oxygen atoms in total. The van der Waals surface area contributed by atoms with Gasteiger partial charge in [0.1, 0.15) is 0 Å². The zero-order chi connectivity index (χ0) is 10.6. The molecule has 0 aliphatic rings. The van der Waals surface area contributed by atoms with Crippen molar-refractivity contribution in [3.8, 4) is 0 Å². The Kier molecular flexibility index (Phi) is 4.98. The largest absolute Gasteiger partial charge is 0.392 e. The lowest BCUT2D eigenvalue weighted by molar-refractivity contribution is 0.00263. The van der Waals surface area contributed by atoms with Crippen molar-refractivity contribution in [2.75, 3.05) is 0 Å². The summed E-state index contributed by atoms with van der Waals surface area (Å²) in [5.74, 6) is 1.14. The molecule has 0 aliphatic carbocycles. The lowest BCUT2D eigenvalue weighted by Crippen LogP contribution is -2.34. The zero-order valence-corrected chi connectivity index (χ0v) is 10.1. The molecule has 0 saturated heterocycles. The molecule has 0 rings (SSSR count). The molecule has 0 bridgehead atoms. The molecule has 0 saturated carbocycles. The van der Waals surface area contributed by atoms with Gasteiger partial charge in [-0.15, -0.1) is 0 Å². The van der Waals surface area contributed by atoms with Gasteiger partial charge in [-0.1, -0.05) is 48.0 Å². The third kappa shape index (κ3) is 4.66. The Hall–Kier alpha value is -0.0400. The quantitative estimate of drug-likeness (QED) is 0.713. The average molecular weight is 186 g/mol. The lowest BCUT2D eigenvalue weighted by Gasteiger charge is -2.33. The minimum absolute atomic E-state index is 0.0234. The first kappa shape index (κ1) is 13.0. The first-order chi connectivity index (χ1) is 5.79. The fraction of sp³-hybridized carbons (Fsp3) is 1.00. The van der Waals surface area contributed by atoms with Crippen molar-refractivity contribution < 1.29 is 5.11 Å². The van der Waals surface area contributed by atoms with Crippen molar-refractivity contribution in [1.82, 2.24) is 0 Å². The molecule has 2 atom stereocenters. The Labute approximate surface area is 83.5 Å². The monoisotopic (exact) mass is 186 g/mol. The summed E-state index contributed by atoms with van der Waals surface area (Å²) in [7, 11) is 0. The average Bonchev–Trinajstić information content (AvgIpc) is 1.96. The van der Waals surface area contributed by atoms with E-state index in [9.17, 15) is 5.11 Å². The molecule has 0 aliphatic heterocycles. The number of hydrogen-bond acceptors (Lipinski definition) is 1. The van der Waals surface area contributed by atoms with E-state index in [2.05, 4.69) is 41.5 Å². The second kappa shape index (κ2) is 4.99. The van der Waals surface area contributed by atoms with Gasteiger partial charge in [0, 0.05) is 0 Å². The van der Waals surface area contributed by atoms with E-state index in [-0.39, 0.29) is 11.5 Å². The van der Waals surface area contributed by atoms with E-state index in [1.807, 2.05) is 0 Å². The normalized spacial score (nSPS) is 17.5. The zero-order valence-electron chi connectivity index (χ0n) is 10.1. The van der Waals surface area contributed by atoms with E-state index in [0.717, 1.165) is 12.8 Å². The molecule has 0 fully saturated rings. The molecule has 0 heterocycles. The topological polar surface area (TPSA) is 20.2 Å². The van der Waals surface area contributed by atoms with Crippen molar-refractivity contribution >= 4 is 0 Å². The van der Waals surface area contributed by atoms with Crippen molar-refractivity contribution in [2.45, 2.75) is 60.5 Å². The molecule has 80 valence electrons. The van der Waals surface area contributed by atoms with E-state index in [1.165, 1.54) is 0 Å². The Morgan fingerprint density at radius 1 is 1.15 bits per heavy atom. The van der Waals surface area contributed by atoms with Crippen LogP contribution >= 0.6 is 0 Å². The van der Waals surface area contributed by atoms with Crippen LogP contribution in [-0.4, -0.2) is 11.2 Å². The molecule has 0 radical (unpaired) electrons. The number of aliphatic hydroxyl groups is 1. The van der Waals surface area contributed by atoms with Crippen molar-refractivity contribution in [1.29, 1.82) is 0 Å². The molecular formula is C12H26O. The SMILES string of the molecule is CCC(CC(C)C)C(O)C(C)(C)C. The van der Waals surface area contributed by atoms with Crippen LogP contribution in [0.4, 0.5) is 0 Å². The standard InChI is InChI=1S/C12H26O/c1-7-10(8-9(2)3)11(13)12(4,5)6/h9-11,13H,7-8H2,1-6H3. The van der Waals surface area contributed by atoms with Gasteiger partial charge in [0.2, 0.25) is 0 Å². The Bertz CT molecular complexity index is 133. The summed E-state index contributed by atoms with van der Waals surface area (Å²) in [5.41, 5.74) is 0.0234. The molecule has 2 unspecified atom stereocenters. The predicted octanol–water partition coefficient (Wildman–Crippen LogP) is 3.47. The highest BCUT2D eigenvalue weighted by atomic mass is 16.3. The molecule has 0 aromatic carbocycles. The molecule has 0 spiro atoms. The maximum Gasteiger partial charge on any atom is 0.0616 e. The fourth-order valence-corrected chi connectivity index (χ4v) is 1.83. The van der Waals surface area contributed by atoms with Gasteiger partial charge in [-0.2, -0.15) is 0 Å². The van der Waals surface area contributed by atoms with E-state index in [4.69, 9.17) is 0 Å². The Morgan fingerprint density at radius 2 is 1.62 bits per heavy atom. The summed E-state index contributed by atoms with van der Waals surface area (Å²) >= 11 is 0. The van der Waals surface area contributed by atoms with Crippen LogP contribution in [0.5, 0.6) is 0 Å². The van der Waals surface area contributed by atoms with E-state index in [0.29, 0.717) is 11.8 Å². The van der Waals surface area contributed by atoms with Crippen LogP contribution in [0.15, 0.2) is 0 Å². The first-order valence-corrected chi connectivity index (χ1v) is 5.47. The smallest absolute Gasteiger partial charge is 0.0616 e. The van der Waals surface area contributed by atoms with Crippen LogP contribution in [-0.2, 0) is 0 Å². The third-order valence-corrected chi connectivity index (χ3v) is 2.63. The van der Waals surface area contributed by atoms with Gasteiger partial charge in [0.25, 0.3) is 0 Å². The van der Waals surface area contributed by atoms with Crippen molar-refractivity contribution in [3.05, 3.63) is 0 Å². The van der Waals surface area contributed by atoms with Crippen LogP contribution in [0, 0.1) is 17.3 Å². The van der Waals surface area contributed by atoms with E-state index in [1.54, 1.807) is 0 Å². The predicted molar refractivity (Wildman–Crippen MR) is 58.7 cm³/mol. The molecule has 1 heteroatoms. The molecule has 0 aromatic heterocycles. The third-order valence-electron chi connectivity index (χ3n) is 2.63. The van der Waals surface area contributed by atoms with Gasteiger partial charge in [0.05, 0.1) is 6.10 Å². The van der Waals surface area contributed by atoms with Crippen LogP contribution in [0.25, 0.3) is 0 Å². The van der Waals surface area contributed by atoms with Gasteiger partial charge < -0.3 is 5.11 Å². The van der Waals surface area contributed by atoms with Gasteiger partial charge in [-0.3, -0.25) is 0 Å². The second-order valence-electron chi connectivity index (χ2n) is 5.61. The highest BCUT2D eigenvalue weighted by Crippen LogP contribution is 2.30. The summed E-state index contributed by atoms with van der Waals surface area (Å²) in [6.07, 6.45) is 2.05. The van der Waals surface area contributed by atoms with Crippen molar-refractivity contribution in [2.24, 2.45) is 17.3 Å². The first-order valence-electron chi connectivity index (χ1n) is 5.47. The minimum atomic E-state index is -0.167. The van der Waals surface area contributed by atoms with Crippen LogP contribution in [0.2, 0.25) is 0 Å². The highest BCUT2D eigenvalue weighted by molar-refractivity contribution is 4.79. The molecule has 13 heavy (non-hydrogen) atoms. The summed E-state index contributed by atoms with van der Waals surface area (Å²) in [6.45, 7) is 12.9. The second-order valence-corrected chi connectivity index (χ2v) is 5.61. The van der Waals surface area contributed by atoms with Crippen LogP contribution in [0.1, 0.15) is 54.4 Å². The summed E-state index contributed by atoms with van der Waals surface area (Å²) in [4.78, 5) is 0. The fourth-order valence-electron chi connectivity index (χ4n) is 1.83. The maximum absolute atomic E-state index is 10.1. The lowest BCUT2D eigenvalue weighted by atomic mass is 9.77. The van der Waals surface area contributed by atoms with E-state index < -0.39 is 0 Å². The number of rotatable bonds is 4. The summed E-state index contributed by atoms with van der Waals surface area (Å²) < 4.78 is 0. The molecule has 0 aromatic rings. The van der Waals surface area contributed by atoms with Gasteiger partial charge in [-0.05, 0) is 23.7 Å². The molecular weight excluding hydrogens is 160 g/mol. The van der Waals surface area contributed by atoms with Crippen molar-refractivity contribution in [3.63, 3.8) is 0 Å². The van der Waals surface area contributed by atoms with Gasteiger partial charge in [-0.25, -0.2) is 0 Å². The summed E-state index contributed by atoms with van der Waals surface area (Å²) in [6, 6.07) is 0. The molecule has 1 N–H and O–H groups in total. The van der Waals surface area contributed by atoms with E-state index >= 15 is 0 Å². The molecule has 0 amide bonds. The maximum atomic E-state index is 10.1. The minimum Gasteiger partial charge on any atom is -0.392 e. The summed E-state index contributed by atoms with van der Waals surface area (Å²) in [5, 5.41) is 10.1. The van der Waals surface area contributed by atoms with Crippen LogP contribution < -0.4 is 0 Å². The van der Waals surface area contributed by atoms with Gasteiger partial charge in [0.15, 0.2) is 0 Å².